The number of carbonyl (C=O) groups excluding carboxylic acids is 1. The number of likely N-dealkylation sites (tertiary alicyclic amines) is 1. The highest BCUT2D eigenvalue weighted by Gasteiger charge is 2.67. The monoisotopic (exact) mass is 631 g/mol. The smallest absolute Gasteiger partial charge is 0.482 e. The molecule has 3 bridgehead atoms. The number of hydrogen-bond acceptors (Lipinski definition) is 7. The Balaban J connectivity index is 1.03. The van der Waals surface area contributed by atoms with Crippen LogP contribution in [-0.4, -0.2) is 58.1 Å². The zero-order valence-electron chi connectivity index (χ0n) is 25.8. The number of piperidine rings is 1. The summed E-state index contributed by atoms with van der Waals surface area (Å²) in [6.07, 6.45) is 10.2. The first-order chi connectivity index (χ1) is 21.7. The maximum Gasteiger partial charge on any atom is 0.527 e. The summed E-state index contributed by atoms with van der Waals surface area (Å²) in [6.45, 7) is 3.43. The summed E-state index contributed by atoms with van der Waals surface area (Å²) in [5.41, 5.74) is 2.42. The molecule has 5 aliphatic rings. The topological polar surface area (TPSA) is 106 Å². The van der Waals surface area contributed by atoms with Crippen LogP contribution >= 0.6 is 7.82 Å². The first-order valence-electron chi connectivity index (χ1n) is 16.2. The summed E-state index contributed by atoms with van der Waals surface area (Å²) < 4.78 is 30.4. The fourth-order valence-electron chi connectivity index (χ4n) is 7.86. The average Bonchev–Trinajstić information content (AvgIpc) is 3.85. The number of rotatable bonds is 10. The normalized spacial score (nSPS) is 30.8. The van der Waals surface area contributed by atoms with Crippen molar-refractivity contribution in [3.8, 4) is 11.1 Å². The van der Waals surface area contributed by atoms with Gasteiger partial charge in [-0.3, -0.25) is 19.1 Å². The molecule has 45 heavy (non-hydrogen) atoms. The van der Waals surface area contributed by atoms with Crippen LogP contribution in [-0.2, 0) is 29.6 Å². The van der Waals surface area contributed by atoms with Crippen LogP contribution in [0.15, 0.2) is 89.9 Å². The number of ketones is 1. The van der Waals surface area contributed by atoms with Gasteiger partial charge in [-0.2, -0.15) is 0 Å². The van der Waals surface area contributed by atoms with E-state index in [-0.39, 0.29) is 36.4 Å². The van der Waals surface area contributed by atoms with Crippen LogP contribution in [0, 0.1) is 11.3 Å². The Bertz CT molecular complexity index is 1580. The van der Waals surface area contributed by atoms with Gasteiger partial charge in [0.25, 0.3) is 0 Å². The number of aliphatic hydroxyl groups is 1. The lowest BCUT2D eigenvalue weighted by Crippen LogP contribution is -2.74. The number of nitrogens with zero attached hydrogens (tertiary/aromatic N) is 1. The van der Waals surface area contributed by atoms with Gasteiger partial charge in [-0.1, -0.05) is 66.7 Å². The molecule has 2 N–H and O–H groups in total. The summed E-state index contributed by atoms with van der Waals surface area (Å²) in [5, 5.41) is 12.3. The molecule has 8 nitrogen and oxygen atoms in total. The molecule has 5 atom stereocenters. The predicted molar refractivity (Wildman–Crippen MR) is 171 cm³/mol. The lowest BCUT2D eigenvalue weighted by atomic mass is 9.51. The average molecular weight is 632 g/mol. The Labute approximate surface area is 265 Å². The van der Waals surface area contributed by atoms with Gasteiger partial charge in [0.05, 0.1) is 17.6 Å². The van der Waals surface area contributed by atoms with E-state index in [0.717, 1.165) is 35.4 Å². The minimum Gasteiger partial charge on any atom is -0.482 e. The quantitative estimate of drug-likeness (QED) is 0.226. The van der Waals surface area contributed by atoms with Crippen molar-refractivity contribution in [2.24, 2.45) is 11.3 Å². The van der Waals surface area contributed by atoms with Crippen molar-refractivity contribution in [1.82, 2.24) is 4.90 Å². The van der Waals surface area contributed by atoms with Crippen LogP contribution in [0.4, 0.5) is 0 Å². The van der Waals surface area contributed by atoms with Gasteiger partial charge < -0.3 is 14.4 Å². The number of carbonyl (C=O) groups is 1. The van der Waals surface area contributed by atoms with Gasteiger partial charge in [0.1, 0.15) is 5.76 Å². The Hall–Kier alpha value is -3.00. The minimum atomic E-state index is -4.49. The van der Waals surface area contributed by atoms with Gasteiger partial charge in [0, 0.05) is 19.0 Å². The molecule has 238 valence electrons. The Morgan fingerprint density at radius 3 is 2.56 bits per heavy atom. The summed E-state index contributed by atoms with van der Waals surface area (Å²) in [5.74, 6) is 0.890. The number of allylic oxidation sites excluding steroid dienone is 3. The van der Waals surface area contributed by atoms with Crippen molar-refractivity contribution >= 4 is 13.6 Å². The van der Waals surface area contributed by atoms with Gasteiger partial charge in [0.2, 0.25) is 0 Å². The second-order valence-electron chi connectivity index (χ2n) is 13.4. The number of Topliss-reactive ketones (excluding diaryl/α,β-unsaturated/α-hetero) is 1. The number of ether oxygens (including phenoxy) is 1. The molecular weight excluding hydrogens is 589 g/mol. The molecular formula is C36H42NO7P. The van der Waals surface area contributed by atoms with Crippen molar-refractivity contribution < 1.29 is 33.1 Å². The van der Waals surface area contributed by atoms with Gasteiger partial charge in [0.15, 0.2) is 17.6 Å². The molecule has 2 aromatic carbocycles. The van der Waals surface area contributed by atoms with Crippen LogP contribution in [0.1, 0.15) is 57.4 Å². The molecule has 0 aromatic heterocycles. The molecule has 2 aliphatic heterocycles. The van der Waals surface area contributed by atoms with Gasteiger partial charge in [-0.15, -0.1) is 0 Å². The highest BCUT2D eigenvalue weighted by molar-refractivity contribution is 7.47. The van der Waals surface area contributed by atoms with Crippen molar-refractivity contribution in [3.05, 3.63) is 95.5 Å². The van der Waals surface area contributed by atoms with Crippen LogP contribution < -0.4 is 0 Å². The predicted octanol–water partition coefficient (Wildman–Crippen LogP) is 6.50. The second-order valence-corrected chi connectivity index (χ2v) is 14.7. The molecule has 2 aromatic rings. The summed E-state index contributed by atoms with van der Waals surface area (Å²) in [6, 6.07) is 18.3. The Kier molecular flexibility index (Phi) is 8.16. The molecule has 3 fully saturated rings. The van der Waals surface area contributed by atoms with E-state index in [1.807, 2.05) is 30.4 Å². The van der Waals surface area contributed by atoms with Gasteiger partial charge in [-0.05, 0) is 92.7 Å². The third-order valence-corrected chi connectivity index (χ3v) is 11.4. The van der Waals surface area contributed by atoms with E-state index in [1.54, 1.807) is 13.0 Å². The molecule has 0 amide bonds. The van der Waals surface area contributed by atoms with E-state index in [4.69, 9.17) is 13.8 Å². The number of aryl methyl sites for hydroxylation is 1. The zero-order valence-corrected chi connectivity index (χ0v) is 26.7. The molecule has 2 heterocycles. The van der Waals surface area contributed by atoms with E-state index in [0.29, 0.717) is 38.0 Å². The second kappa shape index (κ2) is 12.0. The van der Waals surface area contributed by atoms with E-state index in [9.17, 15) is 19.4 Å². The van der Waals surface area contributed by atoms with E-state index >= 15 is 0 Å². The number of phosphoric acid groups is 1. The fourth-order valence-corrected chi connectivity index (χ4v) is 8.71. The molecule has 2 saturated carbocycles. The van der Waals surface area contributed by atoms with Crippen LogP contribution in [0.25, 0.3) is 11.1 Å². The molecule has 5 unspecified atom stereocenters. The lowest BCUT2D eigenvalue weighted by Gasteiger charge is -2.63. The highest BCUT2D eigenvalue weighted by Crippen LogP contribution is 2.59. The number of hydrogen-bond donors (Lipinski definition) is 2. The Morgan fingerprint density at radius 2 is 1.80 bits per heavy atom. The van der Waals surface area contributed by atoms with E-state index < -0.39 is 24.9 Å². The van der Waals surface area contributed by atoms with Crippen molar-refractivity contribution in [1.29, 1.82) is 0 Å². The molecule has 9 heteroatoms. The zero-order chi connectivity index (χ0) is 31.2. The maximum absolute atomic E-state index is 13.4. The van der Waals surface area contributed by atoms with Crippen LogP contribution in [0.5, 0.6) is 0 Å². The highest BCUT2D eigenvalue weighted by atomic mass is 31.2. The van der Waals surface area contributed by atoms with Crippen molar-refractivity contribution in [2.45, 2.75) is 76.0 Å². The van der Waals surface area contributed by atoms with Crippen LogP contribution in [0.3, 0.4) is 0 Å². The molecule has 7 rings (SSSR count). The third kappa shape index (κ3) is 5.99. The van der Waals surface area contributed by atoms with E-state index in [2.05, 4.69) is 41.3 Å². The summed E-state index contributed by atoms with van der Waals surface area (Å²) in [7, 11) is -4.49. The van der Waals surface area contributed by atoms with Gasteiger partial charge in [-0.25, -0.2) is 4.57 Å². The molecule has 0 radical (unpaired) electrons. The first kappa shape index (κ1) is 30.6. The van der Waals surface area contributed by atoms with Crippen LogP contribution in [0.2, 0.25) is 0 Å². The fraction of sp³-hybridized carbons (Fsp3) is 0.472. The van der Waals surface area contributed by atoms with Gasteiger partial charge >= 0.3 is 7.82 Å². The number of phosphoric ester groups is 1. The van der Waals surface area contributed by atoms with Crippen molar-refractivity contribution in [2.75, 3.05) is 19.7 Å². The molecule has 1 saturated heterocycles. The van der Waals surface area contributed by atoms with E-state index in [1.165, 1.54) is 12.8 Å². The summed E-state index contributed by atoms with van der Waals surface area (Å²) in [4.78, 5) is 26.5. The molecule has 3 aliphatic carbocycles. The minimum absolute atomic E-state index is 0.0338. The first-order valence-corrected chi connectivity index (χ1v) is 17.7. The largest absolute Gasteiger partial charge is 0.527 e. The lowest BCUT2D eigenvalue weighted by molar-refractivity contribution is -0.217. The molecule has 1 spiro atoms. The maximum atomic E-state index is 13.4. The number of benzene rings is 2. The van der Waals surface area contributed by atoms with Crippen molar-refractivity contribution in [3.63, 3.8) is 0 Å². The SMILES string of the molecule is CC1=C(OP(=O)(O)OCCCc2ccc(-c3ccccc3)cc2)C=CC2=CC34CCN(CC5CC5)C(C2)C3(O)CCC(=O)C4O1. The third-order valence-electron chi connectivity index (χ3n) is 10.4. The Morgan fingerprint density at radius 1 is 1.04 bits per heavy atom. The standard InChI is InChI=1S/C36H42NO7P/c1-25-32(44-45(40,41)42-21-5-6-26-11-14-30(15-12-26)29-7-3-2-4-8-29)16-13-28-22-33-36(39)18-17-31(38)34(43-25)35(36,23-28)19-20-37(33)24-27-9-10-27/h2-4,7-8,11-16,23,27,33-34,39H,5-6,9-10,17-22,24H2,1H3,(H,40,41). The summed E-state index contributed by atoms with van der Waals surface area (Å²) >= 11 is 0.